The Morgan fingerprint density at radius 2 is 2.00 bits per heavy atom. The Morgan fingerprint density at radius 1 is 1.30 bits per heavy atom. The summed E-state index contributed by atoms with van der Waals surface area (Å²) < 4.78 is 4.92. The average Bonchev–Trinajstić information content (AvgIpc) is 2.69. The van der Waals surface area contributed by atoms with Crippen molar-refractivity contribution < 1.29 is 24.4 Å². The third-order valence-corrected chi connectivity index (χ3v) is 5.19. The number of non-ortho nitro benzene ring substituents is 1. The summed E-state index contributed by atoms with van der Waals surface area (Å²) in [4.78, 5) is 36.9. The SMILES string of the molecule is COc1cc([N+](=O)[O-])cc(C=C2C(=O)NC(=S)N(c3cccc(Cl)c3Cl)C2=O)c1O. The van der Waals surface area contributed by atoms with Crippen LogP contribution in [0.5, 0.6) is 11.5 Å². The number of phenolic OH excluding ortho intramolecular Hbond substituents is 1. The van der Waals surface area contributed by atoms with Gasteiger partial charge in [0.15, 0.2) is 16.6 Å². The maximum absolute atomic E-state index is 13.1. The van der Waals surface area contributed by atoms with Crippen LogP contribution in [0.15, 0.2) is 35.9 Å². The Kier molecular flexibility index (Phi) is 5.92. The van der Waals surface area contributed by atoms with Crippen molar-refractivity contribution in [3.63, 3.8) is 0 Å². The average molecular weight is 468 g/mol. The van der Waals surface area contributed by atoms with E-state index in [2.05, 4.69) is 5.32 Å². The minimum atomic E-state index is -0.863. The maximum atomic E-state index is 13.1. The largest absolute Gasteiger partial charge is 0.504 e. The first-order valence-corrected chi connectivity index (χ1v) is 9.23. The van der Waals surface area contributed by atoms with E-state index in [0.29, 0.717) is 0 Å². The smallest absolute Gasteiger partial charge is 0.274 e. The zero-order valence-electron chi connectivity index (χ0n) is 15.0. The summed E-state index contributed by atoms with van der Waals surface area (Å²) >= 11 is 17.3. The van der Waals surface area contributed by atoms with E-state index in [4.69, 9.17) is 40.2 Å². The van der Waals surface area contributed by atoms with Crippen LogP contribution in [0.25, 0.3) is 6.08 Å². The van der Waals surface area contributed by atoms with Gasteiger partial charge in [-0.1, -0.05) is 29.3 Å². The number of thiocarbonyl (C=S) groups is 1. The number of ether oxygens (including phenoxy) is 1. The highest BCUT2D eigenvalue weighted by atomic mass is 35.5. The molecule has 0 aromatic heterocycles. The van der Waals surface area contributed by atoms with Crippen molar-refractivity contribution in [3.8, 4) is 11.5 Å². The van der Waals surface area contributed by atoms with E-state index in [1.54, 1.807) is 0 Å². The second-order valence-corrected chi connectivity index (χ2v) is 7.05. The van der Waals surface area contributed by atoms with Crippen molar-refractivity contribution in [1.82, 2.24) is 5.32 Å². The van der Waals surface area contributed by atoms with Crippen LogP contribution in [0.1, 0.15) is 5.56 Å². The van der Waals surface area contributed by atoms with Crippen molar-refractivity contribution in [2.24, 2.45) is 0 Å². The van der Waals surface area contributed by atoms with Crippen LogP contribution in [0, 0.1) is 10.1 Å². The first-order valence-electron chi connectivity index (χ1n) is 8.06. The van der Waals surface area contributed by atoms with Crippen LogP contribution in [-0.4, -0.2) is 34.1 Å². The van der Waals surface area contributed by atoms with E-state index in [1.807, 2.05) is 0 Å². The van der Waals surface area contributed by atoms with Crippen LogP contribution < -0.4 is 15.0 Å². The van der Waals surface area contributed by atoms with E-state index in [9.17, 15) is 24.8 Å². The predicted molar refractivity (Wildman–Crippen MR) is 114 cm³/mol. The highest BCUT2D eigenvalue weighted by molar-refractivity contribution is 7.80. The number of halogens is 2. The molecule has 1 heterocycles. The number of hydrogen-bond acceptors (Lipinski definition) is 7. The lowest BCUT2D eigenvalue weighted by Crippen LogP contribution is -2.54. The molecule has 0 radical (unpaired) electrons. The summed E-state index contributed by atoms with van der Waals surface area (Å²) in [5.74, 6) is -2.41. The monoisotopic (exact) mass is 467 g/mol. The van der Waals surface area contributed by atoms with Crippen molar-refractivity contribution in [2.45, 2.75) is 0 Å². The molecule has 0 saturated carbocycles. The zero-order valence-corrected chi connectivity index (χ0v) is 17.3. The van der Waals surface area contributed by atoms with E-state index in [0.717, 1.165) is 23.1 Å². The number of anilines is 1. The van der Waals surface area contributed by atoms with Gasteiger partial charge in [-0.2, -0.15) is 0 Å². The molecule has 1 saturated heterocycles. The number of nitro benzene ring substituents is 1. The van der Waals surface area contributed by atoms with Crippen molar-refractivity contribution in [2.75, 3.05) is 12.0 Å². The van der Waals surface area contributed by atoms with Crippen LogP contribution in [-0.2, 0) is 9.59 Å². The molecule has 0 bridgehead atoms. The fourth-order valence-electron chi connectivity index (χ4n) is 2.68. The van der Waals surface area contributed by atoms with Crippen molar-refractivity contribution >= 4 is 69.8 Å². The van der Waals surface area contributed by atoms with Gasteiger partial charge in [-0.3, -0.25) is 29.9 Å². The summed E-state index contributed by atoms with van der Waals surface area (Å²) in [5.41, 5.74) is -0.904. The molecule has 3 rings (SSSR count). The minimum Gasteiger partial charge on any atom is -0.504 e. The van der Waals surface area contributed by atoms with Gasteiger partial charge in [0.1, 0.15) is 5.57 Å². The number of phenols is 1. The Bertz CT molecular complexity index is 1150. The lowest BCUT2D eigenvalue weighted by Gasteiger charge is -2.29. The van der Waals surface area contributed by atoms with Crippen LogP contribution >= 0.6 is 35.4 Å². The topological polar surface area (TPSA) is 122 Å². The highest BCUT2D eigenvalue weighted by Crippen LogP contribution is 2.37. The molecule has 0 spiro atoms. The molecule has 30 heavy (non-hydrogen) atoms. The van der Waals surface area contributed by atoms with Crippen molar-refractivity contribution in [3.05, 3.63) is 61.6 Å². The second-order valence-electron chi connectivity index (χ2n) is 5.87. The molecule has 0 unspecified atom stereocenters. The molecule has 9 nitrogen and oxygen atoms in total. The summed E-state index contributed by atoms with van der Waals surface area (Å²) in [5, 5.41) is 23.8. The molecular formula is C18H11Cl2N3O6S. The van der Waals surface area contributed by atoms with Gasteiger partial charge in [0.2, 0.25) is 0 Å². The maximum Gasteiger partial charge on any atom is 0.274 e. The Labute approximate surface area is 184 Å². The molecule has 12 heteroatoms. The molecule has 154 valence electrons. The number of amides is 2. The lowest BCUT2D eigenvalue weighted by atomic mass is 10.0. The summed E-state index contributed by atoms with van der Waals surface area (Å²) in [6.07, 6.45) is 0.996. The predicted octanol–water partition coefficient (Wildman–Crippen LogP) is 3.45. The number of rotatable bonds is 4. The Balaban J connectivity index is 2.15. The standard InChI is InChI=1S/C18H11Cl2N3O6S/c1-29-13-7-9(23(27)28)5-8(15(13)24)6-10-16(25)21-18(30)22(17(10)26)12-4-2-3-11(19)14(12)20/h2-7,24H,1H3,(H,21,25,30). The number of nitrogens with zero attached hydrogens (tertiary/aromatic N) is 2. The van der Waals surface area contributed by atoms with Gasteiger partial charge in [0.25, 0.3) is 17.5 Å². The van der Waals surface area contributed by atoms with Gasteiger partial charge in [-0.15, -0.1) is 0 Å². The minimum absolute atomic E-state index is 0.0326. The first-order chi connectivity index (χ1) is 14.1. The molecule has 0 aliphatic carbocycles. The third-order valence-electron chi connectivity index (χ3n) is 4.09. The molecular weight excluding hydrogens is 457 g/mol. The lowest BCUT2D eigenvalue weighted by molar-refractivity contribution is -0.385. The summed E-state index contributed by atoms with van der Waals surface area (Å²) in [7, 11) is 1.20. The second kappa shape index (κ2) is 8.27. The van der Waals surface area contributed by atoms with Gasteiger partial charge in [0, 0.05) is 11.6 Å². The number of hydrogen-bond donors (Lipinski definition) is 2. The zero-order chi connectivity index (χ0) is 22.2. The molecule has 1 fully saturated rings. The van der Waals surface area contributed by atoms with Crippen LogP contribution in [0.4, 0.5) is 11.4 Å². The number of carbonyl (C=O) groups excluding carboxylic acids is 2. The van der Waals surface area contributed by atoms with Crippen LogP contribution in [0.3, 0.4) is 0 Å². The number of benzene rings is 2. The fraction of sp³-hybridized carbons (Fsp3) is 0.0556. The highest BCUT2D eigenvalue weighted by Gasteiger charge is 2.36. The van der Waals surface area contributed by atoms with Gasteiger partial charge in [-0.05, 0) is 30.4 Å². The molecule has 0 atom stereocenters. The molecule has 1 aliphatic rings. The van der Waals surface area contributed by atoms with Gasteiger partial charge in [-0.25, -0.2) is 0 Å². The number of aromatic hydroxyl groups is 1. The number of methoxy groups -OCH3 is 1. The first kappa shape index (κ1) is 21.5. The van der Waals surface area contributed by atoms with Gasteiger partial charge < -0.3 is 9.84 Å². The van der Waals surface area contributed by atoms with E-state index in [1.165, 1.54) is 25.3 Å². The molecule has 2 aromatic carbocycles. The van der Waals surface area contributed by atoms with E-state index < -0.39 is 33.7 Å². The fourth-order valence-corrected chi connectivity index (χ4v) is 3.34. The molecule has 2 N–H and O–H groups in total. The summed E-state index contributed by atoms with van der Waals surface area (Å²) in [6.45, 7) is 0. The molecule has 2 amide bonds. The molecule has 2 aromatic rings. The number of nitrogens with one attached hydrogen (secondary N) is 1. The number of nitro groups is 1. The Hall–Kier alpha value is -3.21. The van der Waals surface area contributed by atoms with Crippen molar-refractivity contribution in [1.29, 1.82) is 0 Å². The number of carbonyl (C=O) groups is 2. The normalized spacial score (nSPS) is 15.4. The quantitative estimate of drug-likeness (QED) is 0.232. The van der Waals surface area contributed by atoms with Crippen LogP contribution in [0.2, 0.25) is 10.0 Å². The third kappa shape index (κ3) is 3.80. The van der Waals surface area contributed by atoms with Gasteiger partial charge in [0.05, 0.1) is 33.8 Å². The summed E-state index contributed by atoms with van der Waals surface area (Å²) in [6, 6.07) is 6.52. The Morgan fingerprint density at radius 3 is 2.63 bits per heavy atom. The van der Waals surface area contributed by atoms with E-state index >= 15 is 0 Å². The molecule has 1 aliphatic heterocycles. The van der Waals surface area contributed by atoms with Gasteiger partial charge >= 0.3 is 0 Å². The van der Waals surface area contributed by atoms with E-state index in [-0.39, 0.29) is 32.2 Å².